The molecule has 31 heavy (non-hydrogen) atoms. The van der Waals surface area contributed by atoms with Crippen molar-refractivity contribution in [2.75, 3.05) is 0 Å². The number of aromatic nitrogens is 2. The van der Waals surface area contributed by atoms with Gasteiger partial charge in [-0.15, -0.1) is 0 Å². The highest BCUT2D eigenvalue weighted by Crippen LogP contribution is 2.26. The molecule has 2 aromatic heterocycles. The number of benzene rings is 1. The number of fused-ring (bicyclic) bond motifs is 1. The number of H-pyrrole nitrogens is 1. The molecule has 0 spiro atoms. The van der Waals surface area contributed by atoms with Crippen molar-refractivity contribution >= 4 is 16.9 Å². The fraction of sp³-hybridized carbons (Fsp3) is 0.364. The van der Waals surface area contributed by atoms with E-state index in [1.165, 1.54) is 45.6 Å². The van der Waals surface area contributed by atoms with Crippen LogP contribution in [0.2, 0.25) is 0 Å². The predicted molar refractivity (Wildman–Crippen MR) is 110 cm³/mol. The summed E-state index contributed by atoms with van der Waals surface area (Å²) in [5.74, 6) is -3.06. The maximum atomic E-state index is 13.1. The van der Waals surface area contributed by atoms with Gasteiger partial charge in [0.25, 0.3) is 0 Å². The lowest BCUT2D eigenvalue weighted by atomic mass is 10.0. The summed E-state index contributed by atoms with van der Waals surface area (Å²) in [6.07, 6.45) is -2.90. The third-order valence-electron chi connectivity index (χ3n) is 4.94. The molecule has 0 saturated heterocycles. The minimum absolute atomic E-state index is 0.110. The first-order valence-electron chi connectivity index (χ1n) is 9.67. The zero-order chi connectivity index (χ0) is 23.3. The van der Waals surface area contributed by atoms with Gasteiger partial charge >= 0.3 is 12.1 Å². The number of aryl methyl sites for hydroxylation is 3. The van der Waals surface area contributed by atoms with E-state index in [-0.39, 0.29) is 11.9 Å². The molecule has 3 N–H and O–H groups in total. The van der Waals surface area contributed by atoms with E-state index in [1.807, 2.05) is 0 Å². The topological polar surface area (TPSA) is 78.0 Å². The average Bonchev–Trinajstić information content (AvgIpc) is 2.97. The van der Waals surface area contributed by atoms with Gasteiger partial charge in [0.2, 0.25) is 0 Å². The van der Waals surface area contributed by atoms with Crippen molar-refractivity contribution in [2.45, 2.75) is 52.9 Å². The minimum atomic E-state index is -5.08. The number of aromatic amines is 1. The molecule has 5 nitrogen and oxygen atoms in total. The highest BCUT2D eigenvalue weighted by molar-refractivity contribution is 5.87. The monoisotopic (exact) mass is 439 g/mol. The van der Waals surface area contributed by atoms with Gasteiger partial charge in [0, 0.05) is 23.7 Å². The largest absolute Gasteiger partial charge is 0.490 e. The quantitative estimate of drug-likeness (QED) is 0.459. The van der Waals surface area contributed by atoms with Crippen LogP contribution in [-0.2, 0) is 11.3 Å². The molecule has 2 heterocycles. The maximum absolute atomic E-state index is 13.1. The van der Waals surface area contributed by atoms with Crippen molar-refractivity contribution < 1.29 is 27.5 Å². The summed E-state index contributed by atoms with van der Waals surface area (Å²) in [5, 5.41) is 12.0. The normalized spacial score (nSPS) is 12.4. The standard InChI is InChI=1S/C20H24FN3.C2HF3O2/c1-5-18(19-7-6-16(21)11-23-19)22-10-15-8-12(2)9-17-13(3)14(4)24-20(15)17;3-2(4,5)1(6)7/h6-9,11,18,22,24H,5,10H2,1-4H3;(H,6,7). The number of halogens is 4. The number of alkyl halides is 3. The number of rotatable bonds is 5. The first kappa shape index (κ1) is 24.3. The Morgan fingerprint density at radius 3 is 2.39 bits per heavy atom. The van der Waals surface area contributed by atoms with Crippen LogP contribution in [0.3, 0.4) is 0 Å². The molecule has 1 aromatic carbocycles. The lowest BCUT2D eigenvalue weighted by Gasteiger charge is -2.17. The number of pyridine rings is 1. The van der Waals surface area contributed by atoms with E-state index >= 15 is 0 Å². The Kier molecular flexibility index (Phi) is 7.78. The van der Waals surface area contributed by atoms with Crippen LogP contribution in [0.5, 0.6) is 0 Å². The molecule has 0 fully saturated rings. The summed E-state index contributed by atoms with van der Waals surface area (Å²) in [6, 6.07) is 7.78. The van der Waals surface area contributed by atoms with E-state index in [2.05, 4.69) is 55.1 Å². The van der Waals surface area contributed by atoms with Gasteiger partial charge in [-0.05, 0) is 56.5 Å². The highest BCUT2D eigenvalue weighted by Gasteiger charge is 2.38. The molecule has 168 valence electrons. The zero-order valence-corrected chi connectivity index (χ0v) is 17.7. The van der Waals surface area contributed by atoms with Crippen LogP contribution in [-0.4, -0.2) is 27.2 Å². The lowest BCUT2D eigenvalue weighted by Crippen LogP contribution is -2.21. The van der Waals surface area contributed by atoms with Gasteiger partial charge < -0.3 is 15.4 Å². The Morgan fingerprint density at radius 1 is 1.23 bits per heavy atom. The van der Waals surface area contributed by atoms with Crippen molar-refractivity contribution in [1.82, 2.24) is 15.3 Å². The van der Waals surface area contributed by atoms with Crippen molar-refractivity contribution in [2.24, 2.45) is 0 Å². The van der Waals surface area contributed by atoms with Crippen LogP contribution in [0.15, 0.2) is 30.5 Å². The van der Waals surface area contributed by atoms with Crippen molar-refractivity contribution in [3.05, 3.63) is 64.4 Å². The SMILES string of the molecule is CCC(NCc1cc(C)cc2c(C)c(C)[nH]c12)c1ccc(F)cn1.O=C(O)C(F)(F)F. The fourth-order valence-electron chi connectivity index (χ4n) is 3.21. The molecule has 0 aliphatic carbocycles. The van der Waals surface area contributed by atoms with Gasteiger partial charge in [0.1, 0.15) is 5.82 Å². The molecular weight excluding hydrogens is 414 g/mol. The number of nitrogens with zero attached hydrogens (tertiary/aromatic N) is 1. The number of hydrogen-bond acceptors (Lipinski definition) is 3. The predicted octanol–water partition coefficient (Wildman–Crippen LogP) is 5.50. The van der Waals surface area contributed by atoms with Gasteiger partial charge in [-0.1, -0.05) is 18.6 Å². The Bertz CT molecular complexity index is 1040. The molecule has 0 bridgehead atoms. The van der Waals surface area contributed by atoms with Crippen LogP contribution < -0.4 is 5.32 Å². The number of carboxylic acids is 1. The number of carboxylic acid groups (broad SMARTS) is 1. The zero-order valence-electron chi connectivity index (χ0n) is 17.7. The molecule has 0 radical (unpaired) electrons. The number of nitrogens with one attached hydrogen (secondary N) is 2. The van der Waals surface area contributed by atoms with Gasteiger partial charge in [-0.25, -0.2) is 9.18 Å². The highest BCUT2D eigenvalue weighted by atomic mass is 19.4. The first-order chi connectivity index (χ1) is 14.4. The van der Waals surface area contributed by atoms with Crippen LogP contribution in [0, 0.1) is 26.6 Å². The maximum Gasteiger partial charge on any atom is 0.490 e. The third kappa shape index (κ3) is 6.27. The molecule has 1 unspecified atom stereocenters. The van der Waals surface area contributed by atoms with Crippen LogP contribution in [0.1, 0.15) is 47.5 Å². The fourth-order valence-corrected chi connectivity index (χ4v) is 3.21. The smallest absolute Gasteiger partial charge is 0.475 e. The van der Waals surface area contributed by atoms with Gasteiger partial charge in [-0.3, -0.25) is 4.98 Å². The summed E-state index contributed by atoms with van der Waals surface area (Å²) < 4.78 is 44.8. The van der Waals surface area contributed by atoms with E-state index in [1.54, 1.807) is 6.07 Å². The van der Waals surface area contributed by atoms with E-state index in [0.717, 1.165) is 18.7 Å². The summed E-state index contributed by atoms with van der Waals surface area (Å²) in [7, 11) is 0. The summed E-state index contributed by atoms with van der Waals surface area (Å²) in [4.78, 5) is 16.6. The van der Waals surface area contributed by atoms with Gasteiger partial charge in [0.15, 0.2) is 0 Å². The number of aliphatic carboxylic acids is 1. The van der Waals surface area contributed by atoms with Crippen LogP contribution in [0.25, 0.3) is 10.9 Å². The van der Waals surface area contributed by atoms with E-state index in [9.17, 15) is 17.6 Å². The molecule has 1 atom stereocenters. The molecule has 0 aliphatic heterocycles. The minimum Gasteiger partial charge on any atom is -0.475 e. The second kappa shape index (κ2) is 9.91. The molecular formula is C22H25F4N3O2. The molecule has 3 aromatic rings. The Labute approximate surface area is 177 Å². The number of carbonyl (C=O) groups is 1. The third-order valence-corrected chi connectivity index (χ3v) is 4.94. The molecule has 3 rings (SSSR count). The summed E-state index contributed by atoms with van der Waals surface area (Å²) >= 11 is 0. The van der Waals surface area contributed by atoms with E-state index < -0.39 is 12.1 Å². The lowest BCUT2D eigenvalue weighted by molar-refractivity contribution is -0.192. The van der Waals surface area contributed by atoms with Gasteiger partial charge in [0.05, 0.1) is 17.4 Å². The molecule has 0 amide bonds. The van der Waals surface area contributed by atoms with E-state index in [4.69, 9.17) is 9.90 Å². The summed E-state index contributed by atoms with van der Waals surface area (Å²) in [6.45, 7) is 9.25. The Morgan fingerprint density at radius 2 is 1.87 bits per heavy atom. The number of hydrogen-bond donors (Lipinski definition) is 3. The first-order valence-corrected chi connectivity index (χ1v) is 9.67. The molecule has 0 saturated carbocycles. The average molecular weight is 439 g/mol. The van der Waals surface area contributed by atoms with Crippen LogP contribution >= 0.6 is 0 Å². The summed E-state index contributed by atoms with van der Waals surface area (Å²) in [5.41, 5.74) is 7.11. The van der Waals surface area contributed by atoms with Crippen molar-refractivity contribution in [1.29, 1.82) is 0 Å². The second-order valence-electron chi connectivity index (χ2n) is 7.27. The van der Waals surface area contributed by atoms with Crippen LogP contribution in [0.4, 0.5) is 17.6 Å². The second-order valence-corrected chi connectivity index (χ2v) is 7.27. The van der Waals surface area contributed by atoms with Crippen molar-refractivity contribution in [3.63, 3.8) is 0 Å². The molecule has 9 heteroatoms. The molecule has 0 aliphatic rings. The van der Waals surface area contributed by atoms with Gasteiger partial charge in [-0.2, -0.15) is 13.2 Å². The van der Waals surface area contributed by atoms with Crippen molar-refractivity contribution in [3.8, 4) is 0 Å². The Balaban J connectivity index is 0.000000423. The Hall–Kier alpha value is -2.94. The van der Waals surface area contributed by atoms with E-state index in [0.29, 0.717) is 0 Å².